The van der Waals surface area contributed by atoms with E-state index in [1.54, 1.807) is 0 Å². The summed E-state index contributed by atoms with van der Waals surface area (Å²) in [6.07, 6.45) is 2.26. The Hall–Kier alpha value is 0.0969. The van der Waals surface area contributed by atoms with Gasteiger partial charge in [-0.2, -0.15) is 0 Å². The molecule has 0 amide bonds. The zero-order chi connectivity index (χ0) is 12.6. The molecule has 1 radical (unpaired) electrons. The lowest BCUT2D eigenvalue weighted by atomic mass is 10.1. The van der Waals surface area contributed by atoms with Crippen LogP contribution in [0.15, 0.2) is 0 Å². The molecule has 0 saturated heterocycles. The van der Waals surface area contributed by atoms with Crippen LogP contribution in [0.25, 0.3) is 0 Å². The molecular formula is C12H27O3Si. The number of hydrogen-bond acceptors (Lipinski definition) is 3. The van der Waals surface area contributed by atoms with Crippen molar-refractivity contribution in [1.29, 1.82) is 0 Å². The maximum absolute atomic E-state index is 5.84. The van der Waals surface area contributed by atoms with Gasteiger partial charge in [0.15, 0.2) is 0 Å². The summed E-state index contributed by atoms with van der Waals surface area (Å²) in [5.74, 6) is 0.517. The second-order valence-electron chi connectivity index (χ2n) is 4.13. The van der Waals surface area contributed by atoms with Crippen LogP contribution in [0.5, 0.6) is 0 Å². The van der Waals surface area contributed by atoms with Crippen LogP contribution in [0.4, 0.5) is 0 Å². The van der Waals surface area contributed by atoms with E-state index in [0.717, 1.165) is 0 Å². The highest BCUT2D eigenvalue weighted by molar-refractivity contribution is 6.62. The normalized spacial score (nSPS) is 14.4. The summed E-state index contributed by atoms with van der Waals surface area (Å²) in [5, 5.41) is 0. The molecule has 0 spiro atoms. The molecule has 16 heavy (non-hydrogen) atoms. The summed E-state index contributed by atoms with van der Waals surface area (Å²) >= 11 is 0. The molecule has 0 saturated carbocycles. The van der Waals surface area contributed by atoms with Crippen molar-refractivity contribution in [1.82, 2.24) is 0 Å². The molecule has 0 N–H and O–H groups in total. The quantitative estimate of drug-likeness (QED) is 0.585. The summed E-state index contributed by atoms with van der Waals surface area (Å²) in [7, 11) is -2.52. The van der Waals surface area contributed by atoms with Gasteiger partial charge < -0.3 is 13.3 Å². The fourth-order valence-corrected chi connectivity index (χ4v) is 4.68. The SMILES string of the molecule is CCO[Si](OCC)(OCC)C(C)[CH]C(C)C. The van der Waals surface area contributed by atoms with E-state index >= 15 is 0 Å². The molecule has 1 unspecified atom stereocenters. The maximum Gasteiger partial charge on any atom is 0.504 e. The van der Waals surface area contributed by atoms with Gasteiger partial charge in [0.05, 0.1) is 0 Å². The van der Waals surface area contributed by atoms with Gasteiger partial charge in [0, 0.05) is 25.4 Å². The van der Waals surface area contributed by atoms with Crippen molar-refractivity contribution in [3.05, 3.63) is 6.42 Å². The van der Waals surface area contributed by atoms with E-state index in [4.69, 9.17) is 13.3 Å². The lowest BCUT2D eigenvalue weighted by Crippen LogP contribution is -2.50. The second kappa shape index (κ2) is 8.23. The standard InChI is InChI=1S/C12H27O3Si/c1-7-13-16(14-8-2,15-9-3)12(6)10-11(4)5/h10-12H,7-9H2,1-6H3. The van der Waals surface area contributed by atoms with E-state index < -0.39 is 8.80 Å². The van der Waals surface area contributed by atoms with Crippen LogP contribution in [0.2, 0.25) is 5.54 Å². The summed E-state index contributed by atoms with van der Waals surface area (Å²) < 4.78 is 17.5. The second-order valence-corrected chi connectivity index (χ2v) is 7.11. The minimum absolute atomic E-state index is 0.243. The third-order valence-corrected chi connectivity index (χ3v) is 5.65. The lowest BCUT2D eigenvalue weighted by Gasteiger charge is -2.34. The molecule has 0 heterocycles. The average Bonchev–Trinajstić information content (AvgIpc) is 2.17. The van der Waals surface area contributed by atoms with Crippen molar-refractivity contribution in [2.45, 2.75) is 47.1 Å². The van der Waals surface area contributed by atoms with E-state index in [1.807, 2.05) is 20.8 Å². The number of hydrogen-bond donors (Lipinski definition) is 0. The Morgan fingerprint density at radius 1 is 0.875 bits per heavy atom. The Morgan fingerprint density at radius 2 is 1.25 bits per heavy atom. The van der Waals surface area contributed by atoms with Gasteiger partial charge in [-0.05, 0) is 33.1 Å². The molecule has 3 nitrogen and oxygen atoms in total. The van der Waals surface area contributed by atoms with Gasteiger partial charge in [-0.1, -0.05) is 20.8 Å². The third-order valence-electron chi connectivity index (χ3n) is 2.27. The predicted molar refractivity (Wildman–Crippen MR) is 69.2 cm³/mol. The van der Waals surface area contributed by atoms with Crippen molar-refractivity contribution in [3.8, 4) is 0 Å². The van der Waals surface area contributed by atoms with E-state index in [1.165, 1.54) is 0 Å². The monoisotopic (exact) mass is 247 g/mol. The highest BCUT2D eigenvalue weighted by atomic mass is 28.4. The molecule has 0 bridgehead atoms. The Bertz CT molecular complexity index is 157. The number of rotatable bonds is 9. The largest absolute Gasteiger partial charge is 0.504 e. The molecular weight excluding hydrogens is 220 g/mol. The Balaban J connectivity index is 4.68. The first-order valence-electron chi connectivity index (χ1n) is 6.29. The molecule has 0 aromatic heterocycles. The highest BCUT2D eigenvalue weighted by Gasteiger charge is 2.46. The van der Waals surface area contributed by atoms with Gasteiger partial charge >= 0.3 is 8.80 Å². The van der Waals surface area contributed by atoms with Gasteiger partial charge in [-0.25, -0.2) is 0 Å². The van der Waals surface area contributed by atoms with E-state index in [2.05, 4.69) is 27.2 Å². The zero-order valence-corrected chi connectivity index (χ0v) is 12.6. The van der Waals surface area contributed by atoms with Gasteiger partial charge in [0.1, 0.15) is 0 Å². The first-order valence-corrected chi connectivity index (χ1v) is 8.09. The van der Waals surface area contributed by atoms with Crippen LogP contribution in [-0.2, 0) is 13.3 Å². The van der Waals surface area contributed by atoms with Gasteiger partial charge in [0.25, 0.3) is 0 Å². The van der Waals surface area contributed by atoms with Crippen molar-refractivity contribution < 1.29 is 13.3 Å². The van der Waals surface area contributed by atoms with Crippen LogP contribution < -0.4 is 0 Å². The van der Waals surface area contributed by atoms with Crippen molar-refractivity contribution in [2.75, 3.05) is 19.8 Å². The molecule has 0 aromatic carbocycles. The first kappa shape index (κ1) is 16.1. The Labute approximate surface area is 102 Å². The Kier molecular flexibility index (Phi) is 8.28. The average molecular weight is 247 g/mol. The highest BCUT2D eigenvalue weighted by Crippen LogP contribution is 2.30. The lowest BCUT2D eigenvalue weighted by molar-refractivity contribution is 0.0645. The van der Waals surface area contributed by atoms with E-state index in [9.17, 15) is 0 Å². The molecule has 0 aliphatic heterocycles. The van der Waals surface area contributed by atoms with Crippen LogP contribution in [0.1, 0.15) is 41.5 Å². The third kappa shape index (κ3) is 4.95. The van der Waals surface area contributed by atoms with E-state index in [-0.39, 0.29) is 5.54 Å². The fraction of sp³-hybridized carbons (Fsp3) is 0.917. The van der Waals surface area contributed by atoms with Gasteiger partial charge in [-0.3, -0.25) is 0 Å². The molecule has 97 valence electrons. The molecule has 0 aromatic rings. The zero-order valence-electron chi connectivity index (χ0n) is 11.6. The fourth-order valence-electron chi connectivity index (χ4n) is 1.82. The van der Waals surface area contributed by atoms with Crippen LogP contribution in [-0.4, -0.2) is 28.6 Å². The minimum Gasteiger partial charge on any atom is -0.374 e. The molecule has 0 rings (SSSR count). The molecule has 1 atom stereocenters. The molecule has 4 heteroatoms. The van der Waals surface area contributed by atoms with E-state index in [0.29, 0.717) is 25.7 Å². The summed E-state index contributed by atoms with van der Waals surface area (Å²) in [6, 6.07) is 0. The summed E-state index contributed by atoms with van der Waals surface area (Å²) in [4.78, 5) is 0. The van der Waals surface area contributed by atoms with Gasteiger partial charge in [-0.15, -0.1) is 0 Å². The molecule has 0 aliphatic rings. The molecule has 0 aliphatic carbocycles. The first-order chi connectivity index (χ1) is 7.52. The van der Waals surface area contributed by atoms with Crippen LogP contribution in [0, 0.1) is 12.3 Å². The van der Waals surface area contributed by atoms with Gasteiger partial charge in [0.2, 0.25) is 0 Å². The predicted octanol–water partition coefficient (Wildman–Crippen LogP) is 3.29. The summed E-state index contributed by atoms with van der Waals surface area (Å²) in [5.41, 5.74) is 0.243. The maximum atomic E-state index is 5.84. The topological polar surface area (TPSA) is 27.7 Å². The van der Waals surface area contributed by atoms with Crippen LogP contribution in [0.3, 0.4) is 0 Å². The van der Waals surface area contributed by atoms with Crippen molar-refractivity contribution in [3.63, 3.8) is 0 Å². The summed E-state index contributed by atoms with van der Waals surface area (Å²) in [6.45, 7) is 14.4. The smallest absolute Gasteiger partial charge is 0.374 e. The minimum atomic E-state index is -2.52. The van der Waals surface area contributed by atoms with Crippen molar-refractivity contribution >= 4 is 8.80 Å². The Morgan fingerprint density at radius 3 is 1.50 bits per heavy atom. The van der Waals surface area contributed by atoms with Crippen molar-refractivity contribution in [2.24, 2.45) is 5.92 Å². The van der Waals surface area contributed by atoms with Crippen LogP contribution >= 0.6 is 0 Å². The molecule has 0 fully saturated rings.